The molecule has 0 fully saturated rings. The third-order valence-corrected chi connectivity index (χ3v) is 5.18. The van der Waals surface area contributed by atoms with Gasteiger partial charge in [-0.1, -0.05) is 12.1 Å². The maximum Gasteiger partial charge on any atom is 0.175 e. The zero-order valence-electron chi connectivity index (χ0n) is 12.0. The lowest BCUT2D eigenvalue weighted by Gasteiger charge is -2.17. The predicted octanol–water partition coefficient (Wildman–Crippen LogP) is 2.54. The van der Waals surface area contributed by atoms with Gasteiger partial charge in [-0.2, -0.15) is 11.3 Å². The van der Waals surface area contributed by atoms with Gasteiger partial charge in [-0.3, -0.25) is 0 Å². The number of aliphatic hydroxyl groups excluding tert-OH is 1. The molecule has 6 heteroatoms. The first-order valence-corrected chi connectivity index (χ1v) is 9.45. The van der Waals surface area contributed by atoms with Crippen molar-refractivity contribution in [2.75, 3.05) is 12.8 Å². The molecule has 0 spiro atoms. The summed E-state index contributed by atoms with van der Waals surface area (Å²) in [5.74, 6) is 0. The molecule has 2 N–H and O–H groups in total. The lowest BCUT2D eigenvalue weighted by molar-refractivity contribution is 0.171. The summed E-state index contributed by atoms with van der Waals surface area (Å²) in [6.07, 6.45) is 0.662. The summed E-state index contributed by atoms with van der Waals surface area (Å²) in [4.78, 5) is 0.316. The van der Waals surface area contributed by atoms with Crippen molar-refractivity contribution in [2.24, 2.45) is 0 Å². The molecule has 4 nitrogen and oxygen atoms in total. The SMILES string of the molecule is CC(NCC(O)c1ccsc1)c1ccc(S(C)(=O)=O)cc1. The van der Waals surface area contributed by atoms with Gasteiger partial charge in [0.05, 0.1) is 11.0 Å². The number of hydrogen-bond donors (Lipinski definition) is 2. The Morgan fingerprint density at radius 3 is 2.38 bits per heavy atom. The van der Waals surface area contributed by atoms with Gasteiger partial charge in [0.2, 0.25) is 0 Å². The van der Waals surface area contributed by atoms with Crippen LogP contribution < -0.4 is 5.32 Å². The van der Waals surface area contributed by atoms with Crippen LogP contribution in [0.3, 0.4) is 0 Å². The Balaban J connectivity index is 1.96. The number of nitrogens with one attached hydrogen (secondary N) is 1. The summed E-state index contributed by atoms with van der Waals surface area (Å²) < 4.78 is 22.8. The minimum atomic E-state index is -3.16. The summed E-state index contributed by atoms with van der Waals surface area (Å²) in [5, 5.41) is 17.1. The Morgan fingerprint density at radius 2 is 1.86 bits per heavy atom. The minimum absolute atomic E-state index is 0.0342. The molecule has 0 saturated carbocycles. The van der Waals surface area contributed by atoms with Crippen LogP contribution in [0.5, 0.6) is 0 Å². The Morgan fingerprint density at radius 1 is 1.19 bits per heavy atom. The Hall–Kier alpha value is -1.21. The van der Waals surface area contributed by atoms with Gasteiger partial charge in [-0.15, -0.1) is 0 Å². The first-order valence-electron chi connectivity index (χ1n) is 6.61. The quantitative estimate of drug-likeness (QED) is 0.856. The van der Waals surface area contributed by atoms with Crippen molar-refractivity contribution in [3.63, 3.8) is 0 Å². The summed E-state index contributed by atoms with van der Waals surface area (Å²) >= 11 is 1.56. The molecule has 0 bridgehead atoms. The third-order valence-electron chi connectivity index (χ3n) is 3.35. The highest BCUT2D eigenvalue weighted by atomic mass is 32.2. The van der Waals surface area contributed by atoms with Crippen LogP contribution in [-0.2, 0) is 9.84 Å². The molecule has 0 radical (unpaired) electrons. The molecular weight excluding hydrogens is 306 g/mol. The largest absolute Gasteiger partial charge is 0.387 e. The van der Waals surface area contributed by atoms with Crippen molar-refractivity contribution in [3.8, 4) is 0 Å². The van der Waals surface area contributed by atoms with E-state index < -0.39 is 15.9 Å². The molecule has 2 atom stereocenters. The van der Waals surface area contributed by atoms with E-state index in [1.54, 1.807) is 35.6 Å². The van der Waals surface area contributed by atoms with Gasteiger partial charge < -0.3 is 10.4 Å². The second-order valence-electron chi connectivity index (χ2n) is 5.04. The lowest BCUT2D eigenvalue weighted by Crippen LogP contribution is -2.24. The lowest BCUT2D eigenvalue weighted by atomic mass is 10.1. The van der Waals surface area contributed by atoms with Gasteiger partial charge in [0.15, 0.2) is 9.84 Å². The van der Waals surface area contributed by atoms with Crippen LogP contribution in [0.4, 0.5) is 0 Å². The number of sulfone groups is 1. The Bertz CT molecular complexity index is 663. The number of thiophene rings is 1. The van der Waals surface area contributed by atoms with E-state index in [1.165, 1.54) is 6.26 Å². The van der Waals surface area contributed by atoms with Crippen LogP contribution in [0, 0.1) is 0 Å². The molecule has 114 valence electrons. The van der Waals surface area contributed by atoms with Crippen LogP contribution in [0.2, 0.25) is 0 Å². The van der Waals surface area contributed by atoms with Crippen LogP contribution in [0.1, 0.15) is 30.2 Å². The monoisotopic (exact) mass is 325 g/mol. The number of rotatable bonds is 6. The smallest absolute Gasteiger partial charge is 0.175 e. The van der Waals surface area contributed by atoms with Gasteiger partial charge in [0.1, 0.15) is 0 Å². The average molecular weight is 325 g/mol. The van der Waals surface area contributed by atoms with E-state index in [9.17, 15) is 13.5 Å². The molecule has 2 aromatic rings. The van der Waals surface area contributed by atoms with Crippen LogP contribution in [0.15, 0.2) is 46.0 Å². The summed E-state index contributed by atoms with van der Waals surface area (Å²) in [6.45, 7) is 2.43. The number of aliphatic hydroxyl groups is 1. The van der Waals surface area contributed by atoms with Gasteiger partial charge in [0, 0.05) is 18.8 Å². The van der Waals surface area contributed by atoms with E-state index in [0.717, 1.165) is 11.1 Å². The normalized spacial score (nSPS) is 14.8. The summed E-state index contributed by atoms with van der Waals surface area (Å²) in [6, 6.07) is 8.75. The first kappa shape index (κ1) is 16.2. The minimum Gasteiger partial charge on any atom is -0.387 e. The van der Waals surface area contributed by atoms with Crippen molar-refractivity contribution in [1.82, 2.24) is 5.32 Å². The van der Waals surface area contributed by atoms with Crippen molar-refractivity contribution in [1.29, 1.82) is 0 Å². The van der Waals surface area contributed by atoms with E-state index in [1.807, 2.05) is 23.8 Å². The van der Waals surface area contributed by atoms with Crippen molar-refractivity contribution in [2.45, 2.75) is 24.0 Å². The molecule has 0 aliphatic carbocycles. The molecule has 1 heterocycles. The highest BCUT2D eigenvalue weighted by Crippen LogP contribution is 2.19. The topological polar surface area (TPSA) is 66.4 Å². The molecule has 0 aliphatic heterocycles. The van der Waals surface area contributed by atoms with E-state index in [-0.39, 0.29) is 6.04 Å². The van der Waals surface area contributed by atoms with Crippen molar-refractivity contribution in [3.05, 3.63) is 52.2 Å². The van der Waals surface area contributed by atoms with E-state index in [2.05, 4.69) is 5.32 Å². The first-order chi connectivity index (χ1) is 9.88. The second-order valence-corrected chi connectivity index (χ2v) is 7.84. The maximum absolute atomic E-state index is 11.4. The molecule has 2 rings (SSSR count). The standard InChI is InChI=1S/C15H19NO3S2/c1-11(16-9-15(17)13-7-8-20-10-13)12-3-5-14(6-4-12)21(2,18)19/h3-8,10-11,15-17H,9H2,1-2H3. The van der Waals surface area contributed by atoms with Crippen molar-refractivity contribution < 1.29 is 13.5 Å². The molecule has 0 saturated heterocycles. The fraction of sp³-hybridized carbons (Fsp3) is 0.333. The molecule has 21 heavy (non-hydrogen) atoms. The summed E-state index contributed by atoms with van der Waals surface area (Å²) in [7, 11) is -3.16. The molecule has 0 amide bonds. The van der Waals surface area contributed by atoms with Crippen LogP contribution >= 0.6 is 11.3 Å². The maximum atomic E-state index is 11.4. The van der Waals surface area contributed by atoms with Gasteiger partial charge >= 0.3 is 0 Å². The molecule has 2 unspecified atom stereocenters. The fourth-order valence-corrected chi connectivity index (χ4v) is 3.33. The predicted molar refractivity (Wildman–Crippen MR) is 85.2 cm³/mol. The van der Waals surface area contributed by atoms with E-state index in [4.69, 9.17) is 0 Å². The fourth-order valence-electron chi connectivity index (χ4n) is 1.99. The zero-order valence-corrected chi connectivity index (χ0v) is 13.6. The molecule has 1 aromatic heterocycles. The molecule has 1 aromatic carbocycles. The van der Waals surface area contributed by atoms with Gasteiger partial charge in [-0.05, 0) is 47.0 Å². The van der Waals surface area contributed by atoms with E-state index in [0.29, 0.717) is 11.4 Å². The second kappa shape index (κ2) is 6.70. The van der Waals surface area contributed by atoms with E-state index >= 15 is 0 Å². The zero-order chi connectivity index (χ0) is 15.5. The average Bonchev–Trinajstić information content (AvgIpc) is 2.98. The Kier molecular flexibility index (Phi) is 5.16. The Labute approximate surface area is 129 Å². The highest BCUT2D eigenvalue weighted by molar-refractivity contribution is 7.90. The van der Waals surface area contributed by atoms with Gasteiger partial charge in [0.25, 0.3) is 0 Å². The third kappa shape index (κ3) is 4.38. The highest BCUT2D eigenvalue weighted by Gasteiger charge is 2.12. The number of benzene rings is 1. The number of hydrogen-bond acceptors (Lipinski definition) is 5. The summed E-state index contributed by atoms with van der Waals surface area (Å²) in [5.41, 5.74) is 1.90. The molecular formula is C15H19NO3S2. The van der Waals surface area contributed by atoms with Crippen LogP contribution in [-0.4, -0.2) is 26.3 Å². The van der Waals surface area contributed by atoms with Crippen LogP contribution in [0.25, 0.3) is 0 Å². The molecule has 0 aliphatic rings. The van der Waals surface area contributed by atoms with Gasteiger partial charge in [-0.25, -0.2) is 8.42 Å². The van der Waals surface area contributed by atoms with Crippen molar-refractivity contribution >= 4 is 21.2 Å².